The summed E-state index contributed by atoms with van der Waals surface area (Å²) in [6, 6.07) is 7.84. The van der Waals surface area contributed by atoms with E-state index < -0.39 is 7.12 Å². The second-order valence-corrected chi connectivity index (χ2v) is 3.91. The number of hydrogen-bond acceptors (Lipinski definition) is 3. The average Bonchev–Trinajstić information content (AvgIpc) is 2.81. The highest BCUT2D eigenvalue weighted by atomic mass is 35.5. The molecule has 0 fully saturated rings. The van der Waals surface area contributed by atoms with Crippen LogP contribution >= 0.6 is 11.6 Å². The molecule has 0 amide bonds. The van der Waals surface area contributed by atoms with Gasteiger partial charge in [0.05, 0.1) is 0 Å². The summed E-state index contributed by atoms with van der Waals surface area (Å²) in [5.74, 6) is -0.256. The Morgan fingerprint density at radius 1 is 1.24 bits per heavy atom. The van der Waals surface area contributed by atoms with Gasteiger partial charge in [-0.25, -0.2) is 0 Å². The van der Waals surface area contributed by atoms with Gasteiger partial charge in [0.25, 0.3) is 5.91 Å². The Hall–Kier alpha value is -1.56. The number of carbonyl (C=O) groups excluding carboxylic acids is 1. The first-order chi connectivity index (χ1) is 8.09. The summed E-state index contributed by atoms with van der Waals surface area (Å²) in [4.78, 5) is 12.0. The van der Waals surface area contributed by atoms with Crippen molar-refractivity contribution in [3.63, 3.8) is 0 Å². The minimum absolute atomic E-state index is 0.115. The molecule has 2 rings (SSSR count). The third-order valence-electron chi connectivity index (χ3n) is 2.36. The van der Waals surface area contributed by atoms with Crippen LogP contribution < -0.4 is 5.46 Å². The van der Waals surface area contributed by atoms with E-state index in [1.807, 2.05) is 0 Å². The van der Waals surface area contributed by atoms with Crippen LogP contribution in [0.25, 0.3) is 0 Å². The lowest BCUT2D eigenvalue weighted by molar-refractivity contribution is 0.0960. The number of nitrogens with zero attached hydrogens (tertiary/aromatic N) is 1. The summed E-state index contributed by atoms with van der Waals surface area (Å²) in [7, 11) is -1.69. The van der Waals surface area contributed by atoms with Gasteiger partial charge in [0, 0.05) is 28.4 Å². The fraction of sp³-hybridized carbons (Fsp3) is 0. The van der Waals surface area contributed by atoms with Gasteiger partial charge in [0.15, 0.2) is 0 Å². The molecule has 0 aliphatic carbocycles. The van der Waals surface area contributed by atoms with Crippen LogP contribution in [-0.4, -0.2) is 27.6 Å². The van der Waals surface area contributed by atoms with Crippen molar-refractivity contribution < 1.29 is 14.8 Å². The van der Waals surface area contributed by atoms with Crippen LogP contribution in [0.2, 0.25) is 5.02 Å². The molecule has 1 aromatic carbocycles. The van der Waals surface area contributed by atoms with Crippen molar-refractivity contribution in [3.05, 3.63) is 53.3 Å². The van der Waals surface area contributed by atoms with E-state index in [0.29, 0.717) is 5.56 Å². The lowest BCUT2D eigenvalue weighted by Crippen LogP contribution is -2.31. The van der Waals surface area contributed by atoms with Crippen molar-refractivity contribution >= 4 is 30.1 Å². The van der Waals surface area contributed by atoms with Crippen LogP contribution in [0.15, 0.2) is 42.7 Å². The van der Waals surface area contributed by atoms with Gasteiger partial charge in [-0.15, -0.1) is 0 Å². The molecule has 1 aromatic heterocycles. The van der Waals surface area contributed by atoms with Crippen molar-refractivity contribution in [1.29, 1.82) is 0 Å². The summed E-state index contributed by atoms with van der Waals surface area (Å²) in [5, 5.41) is 18.4. The molecule has 0 aliphatic rings. The predicted octanol–water partition coefficient (Wildman–Crippen LogP) is 0.510. The van der Waals surface area contributed by atoms with Gasteiger partial charge in [0.2, 0.25) is 0 Å². The van der Waals surface area contributed by atoms with Gasteiger partial charge in [-0.2, -0.15) is 0 Å². The Balaban J connectivity index is 2.40. The number of carbonyl (C=O) groups is 1. The molecule has 6 heteroatoms. The zero-order chi connectivity index (χ0) is 12.4. The molecule has 86 valence electrons. The van der Waals surface area contributed by atoms with Crippen molar-refractivity contribution in [2.75, 3.05) is 0 Å². The number of benzene rings is 1. The molecule has 0 unspecified atom stereocenters. The molecule has 4 nitrogen and oxygen atoms in total. The maximum absolute atomic E-state index is 12.0. The zero-order valence-electron chi connectivity index (χ0n) is 8.75. The molecule has 1 heterocycles. The third kappa shape index (κ3) is 2.41. The van der Waals surface area contributed by atoms with Crippen molar-refractivity contribution in [2.45, 2.75) is 0 Å². The monoisotopic (exact) mass is 249 g/mol. The molecule has 2 N–H and O–H groups in total. The fourth-order valence-corrected chi connectivity index (χ4v) is 1.71. The van der Waals surface area contributed by atoms with Gasteiger partial charge in [-0.05, 0) is 30.3 Å². The molecule has 0 saturated carbocycles. The third-order valence-corrected chi connectivity index (χ3v) is 2.70. The first-order valence-electron chi connectivity index (χ1n) is 4.93. The SMILES string of the molecule is O=C(c1ccc(Cl)c(B(O)O)c1)n1cccc1. The highest BCUT2D eigenvalue weighted by Gasteiger charge is 2.18. The van der Waals surface area contributed by atoms with E-state index in [2.05, 4.69) is 0 Å². The normalized spacial score (nSPS) is 10.3. The van der Waals surface area contributed by atoms with Crippen molar-refractivity contribution in [2.24, 2.45) is 0 Å². The largest absolute Gasteiger partial charge is 0.489 e. The molecule has 0 aliphatic heterocycles. The molecule has 0 atom stereocenters. The van der Waals surface area contributed by atoms with Crippen molar-refractivity contribution in [3.8, 4) is 0 Å². The molecule has 0 radical (unpaired) electrons. The molecule has 0 spiro atoms. The maximum atomic E-state index is 12.0. The number of aromatic nitrogens is 1. The Morgan fingerprint density at radius 2 is 1.88 bits per heavy atom. The Morgan fingerprint density at radius 3 is 2.47 bits per heavy atom. The lowest BCUT2D eigenvalue weighted by atomic mass is 9.79. The molecule has 0 bridgehead atoms. The van der Waals surface area contributed by atoms with E-state index in [0.717, 1.165) is 0 Å². The van der Waals surface area contributed by atoms with E-state index in [4.69, 9.17) is 21.6 Å². The Labute approximate surface area is 103 Å². The zero-order valence-corrected chi connectivity index (χ0v) is 9.50. The summed E-state index contributed by atoms with van der Waals surface area (Å²) < 4.78 is 1.40. The van der Waals surface area contributed by atoms with Gasteiger partial charge < -0.3 is 10.0 Å². The molecule has 0 saturated heterocycles. The van der Waals surface area contributed by atoms with Crippen LogP contribution in [0.1, 0.15) is 10.4 Å². The van der Waals surface area contributed by atoms with E-state index in [1.165, 1.54) is 22.8 Å². The van der Waals surface area contributed by atoms with E-state index in [-0.39, 0.29) is 16.4 Å². The van der Waals surface area contributed by atoms with E-state index >= 15 is 0 Å². The van der Waals surface area contributed by atoms with Crippen LogP contribution in [0.5, 0.6) is 0 Å². The topological polar surface area (TPSA) is 62.5 Å². The molecular weight excluding hydrogens is 240 g/mol. The summed E-state index contributed by atoms with van der Waals surface area (Å²) in [6.07, 6.45) is 3.23. The van der Waals surface area contributed by atoms with Gasteiger partial charge >= 0.3 is 7.12 Å². The quantitative estimate of drug-likeness (QED) is 0.762. The second kappa shape index (κ2) is 4.75. The summed E-state index contributed by atoms with van der Waals surface area (Å²) in [6.45, 7) is 0. The predicted molar refractivity (Wildman–Crippen MR) is 65.4 cm³/mol. The van der Waals surface area contributed by atoms with Gasteiger partial charge in [-0.1, -0.05) is 11.6 Å². The minimum atomic E-state index is -1.69. The first-order valence-corrected chi connectivity index (χ1v) is 5.30. The first kappa shape index (κ1) is 11.9. The van der Waals surface area contributed by atoms with Gasteiger partial charge in [-0.3, -0.25) is 9.36 Å². The van der Waals surface area contributed by atoms with E-state index in [9.17, 15) is 4.79 Å². The number of rotatable bonds is 2. The smallest absolute Gasteiger partial charge is 0.423 e. The Kier molecular flexibility index (Phi) is 3.33. The highest BCUT2D eigenvalue weighted by Crippen LogP contribution is 2.10. The lowest BCUT2D eigenvalue weighted by Gasteiger charge is -2.06. The Bertz CT molecular complexity index is 540. The van der Waals surface area contributed by atoms with Crippen LogP contribution in [0, 0.1) is 0 Å². The molecule has 17 heavy (non-hydrogen) atoms. The van der Waals surface area contributed by atoms with Crippen LogP contribution in [0.4, 0.5) is 0 Å². The summed E-state index contributed by atoms with van der Waals surface area (Å²) in [5.41, 5.74) is 0.457. The van der Waals surface area contributed by atoms with Crippen molar-refractivity contribution in [1.82, 2.24) is 4.57 Å². The number of hydrogen-bond donors (Lipinski definition) is 2. The number of halogens is 1. The maximum Gasteiger partial charge on any atom is 0.489 e. The van der Waals surface area contributed by atoms with E-state index in [1.54, 1.807) is 24.5 Å². The second-order valence-electron chi connectivity index (χ2n) is 3.51. The van der Waals surface area contributed by atoms with Gasteiger partial charge in [0.1, 0.15) is 0 Å². The molecular formula is C11H9BClNO3. The van der Waals surface area contributed by atoms with Crippen LogP contribution in [-0.2, 0) is 0 Å². The summed E-state index contributed by atoms with van der Waals surface area (Å²) >= 11 is 5.78. The molecule has 2 aromatic rings. The minimum Gasteiger partial charge on any atom is -0.423 e. The standard InChI is InChI=1S/C11H9BClNO3/c13-10-4-3-8(7-9(10)12(16)17)11(15)14-5-1-2-6-14/h1-7,16-17H. The fourth-order valence-electron chi connectivity index (χ4n) is 1.49. The average molecular weight is 249 g/mol. The highest BCUT2D eigenvalue weighted by molar-refractivity contribution is 6.62. The van der Waals surface area contributed by atoms with Crippen LogP contribution in [0.3, 0.4) is 0 Å².